The first-order valence-corrected chi connectivity index (χ1v) is 8.44. The van der Waals surface area contributed by atoms with Gasteiger partial charge in [0.05, 0.1) is 19.9 Å². The molecule has 26 heavy (non-hydrogen) atoms. The highest BCUT2D eigenvalue weighted by molar-refractivity contribution is 7.71. The van der Waals surface area contributed by atoms with Crippen molar-refractivity contribution in [1.29, 1.82) is 0 Å². The van der Waals surface area contributed by atoms with Gasteiger partial charge in [-0.2, -0.15) is 0 Å². The average molecular weight is 379 g/mol. The van der Waals surface area contributed by atoms with Crippen LogP contribution in [-0.4, -0.2) is 58.3 Å². The molecule has 0 bridgehead atoms. The Balaban J connectivity index is 1.57. The van der Waals surface area contributed by atoms with Crippen molar-refractivity contribution in [2.75, 3.05) is 20.4 Å². The number of aromatic nitrogens is 2. The number of hydrogen-bond acceptors (Lipinski definition) is 9. The molecule has 9 nitrogen and oxygen atoms in total. The van der Waals surface area contributed by atoms with Gasteiger partial charge in [0.1, 0.15) is 6.04 Å². The van der Waals surface area contributed by atoms with Gasteiger partial charge in [-0.3, -0.25) is 9.69 Å². The lowest BCUT2D eigenvalue weighted by molar-refractivity contribution is -0.146. The van der Waals surface area contributed by atoms with Crippen LogP contribution in [0.4, 0.5) is 0 Å². The van der Waals surface area contributed by atoms with Gasteiger partial charge in [-0.05, 0) is 30.4 Å². The number of aliphatic hydroxyl groups excluding tert-OH is 1. The highest BCUT2D eigenvalue weighted by atomic mass is 32.1. The fourth-order valence-electron chi connectivity index (χ4n) is 3.13. The first-order valence-electron chi connectivity index (χ1n) is 8.03. The summed E-state index contributed by atoms with van der Waals surface area (Å²) in [5, 5.41) is 14.3. The fourth-order valence-corrected chi connectivity index (χ4v) is 3.31. The molecule has 1 fully saturated rings. The summed E-state index contributed by atoms with van der Waals surface area (Å²) in [6.07, 6.45) is -0.291. The Morgan fingerprint density at radius 3 is 3.04 bits per heavy atom. The van der Waals surface area contributed by atoms with Crippen LogP contribution in [0.2, 0.25) is 0 Å². The fraction of sp³-hybridized carbons (Fsp3) is 0.438. The molecule has 3 heterocycles. The van der Waals surface area contributed by atoms with E-state index in [2.05, 4.69) is 5.10 Å². The molecule has 0 amide bonds. The minimum atomic E-state index is -0.603. The van der Waals surface area contributed by atoms with Gasteiger partial charge in [0.2, 0.25) is 12.7 Å². The Morgan fingerprint density at radius 1 is 1.42 bits per heavy atom. The predicted octanol–water partition coefficient (Wildman–Crippen LogP) is 1.17. The van der Waals surface area contributed by atoms with Crippen LogP contribution in [0.3, 0.4) is 0 Å². The number of likely N-dealkylation sites (tertiary alicyclic amines) is 1. The van der Waals surface area contributed by atoms with Crippen molar-refractivity contribution in [2.45, 2.75) is 25.2 Å². The Kier molecular flexibility index (Phi) is 4.39. The van der Waals surface area contributed by atoms with E-state index >= 15 is 0 Å². The van der Waals surface area contributed by atoms with E-state index in [1.165, 1.54) is 11.8 Å². The van der Waals surface area contributed by atoms with Crippen LogP contribution in [-0.2, 0) is 16.2 Å². The molecule has 4 rings (SSSR count). The summed E-state index contributed by atoms with van der Waals surface area (Å²) in [6, 6.07) is 4.81. The number of benzene rings is 1. The summed E-state index contributed by atoms with van der Waals surface area (Å²) in [6.45, 7) is 0.723. The van der Waals surface area contributed by atoms with Gasteiger partial charge in [-0.15, -0.1) is 5.10 Å². The molecule has 1 N–H and O–H groups in total. The minimum Gasteiger partial charge on any atom is -0.468 e. The van der Waals surface area contributed by atoms with Crippen molar-refractivity contribution in [3.63, 3.8) is 0 Å². The maximum Gasteiger partial charge on any atom is 0.323 e. The van der Waals surface area contributed by atoms with E-state index in [1.54, 1.807) is 23.1 Å². The molecule has 2 aliphatic heterocycles. The Bertz CT molecular complexity index is 894. The second-order valence-corrected chi connectivity index (χ2v) is 6.43. The predicted molar refractivity (Wildman–Crippen MR) is 90.0 cm³/mol. The van der Waals surface area contributed by atoms with Crippen molar-refractivity contribution in [2.24, 2.45) is 0 Å². The summed E-state index contributed by atoms with van der Waals surface area (Å²) >= 11 is 5.24. The minimum absolute atomic E-state index is 0.169. The molecule has 0 unspecified atom stereocenters. The van der Waals surface area contributed by atoms with Crippen molar-refractivity contribution in [3.05, 3.63) is 23.0 Å². The van der Waals surface area contributed by atoms with E-state index in [1.807, 2.05) is 0 Å². The van der Waals surface area contributed by atoms with Gasteiger partial charge in [0.15, 0.2) is 11.5 Å². The van der Waals surface area contributed by atoms with Crippen LogP contribution in [0.15, 0.2) is 22.6 Å². The lowest BCUT2D eigenvalue weighted by Gasteiger charge is -2.21. The van der Waals surface area contributed by atoms with Crippen LogP contribution >= 0.6 is 12.2 Å². The van der Waals surface area contributed by atoms with Gasteiger partial charge in [0, 0.05) is 18.5 Å². The number of rotatable bonds is 4. The lowest BCUT2D eigenvalue weighted by Crippen LogP contribution is -2.38. The summed E-state index contributed by atoms with van der Waals surface area (Å²) in [7, 11) is 1.32. The number of carbonyl (C=O) groups excluding carboxylic acids is 1. The molecule has 0 radical (unpaired) electrons. The number of ether oxygens (including phenoxy) is 3. The molecule has 10 heteroatoms. The summed E-state index contributed by atoms with van der Waals surface area (Å²) in [5.41, 5.74) is 0.699. The molecule has 1 saturated heterocycles. The largest absolute Gasteiger partial charge is 0.468 e. The molecular formula is C16H17N3O6S. The van der Waals surface area contributed by atoms with Crippen molar-refractivity contribution in [3.8, 4) is 23.0 Å². The topological polar surface area (TPSA) is 99.2 Å². The normalized spacial score (nSPS) is 21.9. The first kappa shape index (κ1) is 17.0. The third kappa shape index (κ3) is 3.06. The summed E-state index contributed by atoms with van der Waals surface area (Å²) in [4.78, 5) is 13.8. The number of carbonyl (C=O) groups is 1. The van der Waals surface area contributed by atoms with Crippen molar-refractivity contribution >= 4 is 18.2 Å². The van der Waals surface area contributed by atoms with E-state index in [-0.39, 0.29) is 18.3 Å². The zero-order valence-electron chi connectivity index (χ0n) is 14.0. The van der Waals surface area contributed by atoms with Crippen LogP contribution in [0.1, 0.15) is 6.42 Å². The van der Waals surface area contributed by atoms with Gasteiger partial charge in [-0.25, -0.2) is 4.68 Å². The molecular weight excluding hydrogens is 362 g/mol. The van der Waals surface area contributed by atoms with E-state index in [9.17, 15) is 9.90 Å². The van der Waals surface area contributed by atoms with E-state index in [0.717, 1.165) is 0 Å². The molecule has 1 aromatic carbocycles. The van der Waals surface area contributed by atoms with Gasteiger partial charge in [-0.1, -0.05) is 0 Å². The smallest absolute Gasteiger partial charge is 0.323 e. The number of aliphatic hydroxyl groups is 1. The third-order valence-corrected chi connectivity index (χ3v) is 4.69. The maximum absolute atomic E-state index is 11.9. The lowest BCUT2D eigenvalue weighted by atomic mass is 10.2. The summed E-state index contributed by atoms with van der Waals surface area (Å²) < 4.78 is 22.5. The van der Waals surface area contributed by atoms with E-state index < -0.39 is 18.1 Å². The Morgan fingerprint density at radius 2 is 2.23 bits per heavy atom. The molecule has 0 saturated carbocycles. The van der Waals surface area contributed by atoms with Crippen LogP contribution in [0.5, 0.6) is 11.5 Å². The van der Waals surface area contributed by atoms with Gasteiger partial charge in [0.25, 0.3) is 4.84 Å². The number of β-amino-alcohol motifs (C(OH)–C–C–N with tert-alkyl or cyclic N) is 1. The maximum atomic E-state index is 11.9. The van der Waals surface area contributed by atoms with Gasteiger partial charge >= 0.3 is 5.97 Å². The Labute approximate surface area is 153 Å². The average Bonchev–Trinajstić information content (AvgIpc) is 3.33. The second kappa shape index (κ2) is 6.71. The molecule has 2 aliphatic rings. The molecule has 138 valence electrons. The zero-order valence-corrected chi connectivity index (χ0v) is 14.8. The number of fused-ring (bicyclic) bond motifs is 1. The number of nitrogens with zero attached hydrogens (tertiary/aromatic N) is 3. The highest BCUT2D eigenvalue weighted by Crippen LogP contribution is 2.35. The Hall–Kier alpha value is -2.43. The van der Waals surface area contributed by atoms with Crippen LogP contribution < -0.4 is 9.47 Å². The summed E-state index contributed by atoms with van der Waals surface area (Å²) in [5.74, 6) is 1.22. The number of hydrogen-bond donors (Lipinski definition) is 1. The molecule has 0 spiro atoms. The molecule has 2 atom stereocenters. The van der Waals surface area contributed by atoms with Crippen LogP contribution in [0, 0.1) is 4.84 Å². The zero-order chi connectivity index (χ0) is 18.3. The quantitative estimate of drug-likeness (QED) is 0.620. The SMILES string of the molecule is COC(=O)[C@@H]1C[C@H](O)CN1Cn1nc(-c2ccc3c(c2)OCO3)oc1=S. The van der Waals surface area contributed by atoms with Crippen LogP contribution in [0.25, 0.3) is 11.5 Å². The molecule has 0 aliphatic carbocycles. The second-order valence-electron chi connectivity index (χ2n) is 6.08. The monoisotopic (exact) mass is 379 g/mol. The van der Waals surface area contributed by atoms with Gasteiger partial charge < -0.3 is 23.7 Å². The highest BCUT2D eigenvalue weighted by Gasteiger charge is 2.37. The van der Waals surface area contributed by atoms with Crippen molar-refractivity contribution < 1.29 is 28.5 Å². The standard InChI is InChI=1S/C16H17N3O6S/c1-22-15(21)11-5-10(20)6-18(11)7-19-16(26)25-14(17-19)9-2-3-12-13(4-9)24-8-23-12/h2-4,10-11,20H,5-8H2,1H3/t10-,11-/m0/s1. The third-order valence-electron chi connectivity index (χ3n) is 4.40. The molecule has 2 aromatic rings. The first-order chi connectivity index (χ1) is 12.5. The number of methoxy groups -OCH3 is 1. The van der Waals surface area contributed by atoms with E-state index in [4.69, 9.17) is 30.8 Å². The van der Waals surface area contributed by atoms with E-state index in [0.29, 0.717) is 35.9 Å². The molecule has 1 aromatic heterocycles. The van der Waals surface area contributed by atoms with Crippen molar-refractivity contribution in [1.82, 2.24) is 14.7 Å². The number of esters is 1.